The number of fused-ring (bicyclic) bond motifs is 1. The number of rotatable bonds is 9. The zero-order chi connectivity index (χ0) is 32.0. The lowest BCUT2D eigenvalue weighted by Crippen LogP contribution is -2.18. The van der Waals surface area contributed by atoms with Crippen LogP contribution in [0.25, 0.3) is 38.6 Å². The molecule has 0 heterocycles. The molecule has 0 radical (unpaired) electrons. The van der Waals surface area contributed by atoms with Gasteiger partial charge in [0, 0.05) is 22.7 Å². The second-order valence-corrected chi connectivity index (χ2v) is 11.9. The molecular formula is C46H37N. The zero-order valence-electron chi connectivity index (χ0n) is 26.5. The van der Waals surface area contributed by atoms with Crippen LogP contribution in [-0.2, 0) is 0 Å². The first-order chi connectivity index (χ1) is 23.2. The number of hydrogen-bond acceptors (Lipinski definition) is 1. The van der Waals surface area contributed by atoms with E-state index in [1.807, 2.05) is 12.2 Å². The predicted octanol–water partition coefficient (Wildman–Crippen LogP) is 12.7. The molecule has 7 rings (SSSR count). The average Bonchev–Trinajstić information content (AvgIpc) is 3.15. The maximum absolute atomic E-state index is 4.53. The van der Waals surface area contributed by atoms with Gasteiger partial charge in [0.25, 0.3) is 0 Å². The molecule has 0 N–H and O–H groups in total. The molecule has 0 aromatic heterocycles. The monoisotopic (exact) mass is 603 g/mol. The van der Waals surface area contributed by atoms with Gasteiger partial charge < -0.3 is 4.90 Å². The van der Waals surface area contributed by atoms with Gasteiger partial charge in [-0.25, -0.2) is 0 Å². The van der Waals surface area contributed by atoms with Crippen LogP contribution >= 0.6 is 0 Å². The van der Waals surface area contributed by atoms with Crippen molar-refractivity contribution in [2.75, 3.05) is 4.90 Å². The van der Waals surface area contributed by atoms with Gasteiger partial charge >= 0.3 is 0 Å². The molecule has 1 nitrogen and oxygen atoms in total. The van der Waals surface area contributed by atoms with E-state index in [4.69, 9.17) is 0 Å². The van der Waals surface area contributed by atoms with Crippen molar-refractivity contribution in [1.82, 2.24) is 0 Å². The molecule has 0 bridgehead atoms. The quantitative estimate of drug-likeness (QED) is 0.149. The molecule has 1 aliphatic carbocycles. The summed E-state index contributed by atoms with van der Waals surface area (Å²) >= 11 is 0. The van der Waals surface area contributed by atoms with E-state index in [-0.39, 0.29) is 0 Å². The minimum Gasteiger partial charge on any atom is -0.310 e. The van der Waals surface area contributed by atoms with Crippen LogP contribution in [0.3, 0.4) is 0 Å². The second-order valence-electron chi connectivity index (χ2n) is 11.9. The summed E-state index contributed by atoms with van der Waals surface area (Å²) in [5.74, 6) is 0.355. The van der Waals surface area contributed by atoms with Crippen molar-refractivity contribution in [3.8, 4) is 22.3 Å². The van der Waals surface area contributed by atoms with Gasteiger partial charge in [0.05, 0.1) is 5.69 Å². The van der Waals surface area contributed by atoms with Crippen molar-refractivity contribution in [1.29, 1.82) is 0 Å². The van der Waals surface area contributed by atoms with Crippen LogP contribution in [0.2, 0.25) is 0 Å². The van der Waals surface area contributed by atoms with Crippen molar-refractivity contribution in [3.05, 3.63) is 212 Å². The molecule has 47 heavy (non-hydrogen) atoms. The lowest BCUT2D eigenvalue weighted by molar-refractivity contribution is 0.840. The summed E-state index contributed by atoms with van der Waals surface area (Å²) in [6.45, 7) is 8.43. The number of nitrogens with zero attached hydrogens (tertiary/aromatic N) is 1. The third-order valence-corrected chi connectivity index (χ3v) is 8.90. The van der Waals surface area contributed by atoms with Crippen LogP contribution in [0.4, 0.5) is 11.4 Å². The van der Waals surface area contributed by atoms with Crippen molar-refractivity contribution in [2.45, 2.75) is 12.3 Å². The SMILES string of the molecule is C=C/C=C\C(=C)c1cc(N(C2=CCC(c3ccccc3)C=C2)c2cccc3ccccc23)ccc1-c1cccc(-c2ccccc2)c1. The number of allylic oxidation sites excluding steroid dienone is 7. The first-order valence-corrected chi connectivity index (χ1v) is 16.2. The molecule has 1 atom stereocenters. The van der Waals surface area contributed by atoms with E-state index in [1.165, 1.54) is 27.5 Å². The van der Waals surface area contributed by atoms with E-state index in [1.54, 1.807) is 6.08 Å². The van der Waals surface area contributed by atoms with Gasteiger partial charge in [-0.15, -0.1) is 0 Å². The van der Waals surface area contributed by atoms with Gasteiger partial charge in [0.15, 0.2) is 0 Å². The zero-order valence-corrected chi connectivity index (χ0v) is 26.5. The number of benzene rings is 6. The van der Waals surface area contributed by atoms with E-state index in [2.05, 4.69) is 182 Å². The summed E-state index contributed by atoms with van der Waals surface area (Å²) < 4.78 is 0. The first-order valence-electron chi connectivity index (χ1n) is 16.2. The van der Waals surface area contributed by atoms with Crippen LogP contribution in [0.5, 0.6) is 0 Å². The van der Waals surface area contributed by atoms with Gasteiger partial charge in [0.1, 0.15) is 0 Å². The Balaban J connectivity index is 1.37. The van der Waals surface area contributed by atoms with E-state index in [9.17, 15) is 0 Å². The van der Waals surface area contributed by atoms with E-state index >= 15 is 0 Å². The van der Waals surface area contributed by atoms with Crippen LogP contribution in [-0.4, -0.2) is 0 Å². The van der Waals surface area contributed by atoms with Crippen molar-refractivity contribution in [3.63, 3.8) is 0 Å². The standard InChI is InChI=1S/C46H37N/c1-3-4-15-34(2)45-33-42(30-31-43(45)40-23-13-22-39(32-40)36-18-9-6-10-19-36)47(46-25-14-21-38-20-11-12-24-44(38)46)41-28-26-37(27-29-41)35-16-7-5-8-17-35/h3-26,28-33,37H,1-2,27H2/b15-4-. The molecule has 1 heteroatoms. The Hall–Kier alpha value is -5.92. The highest BCUT2D eigenvalue weighted by Crippen LogP contribution is 2.42. The third-order valence-electron chi connectivity index (χ3n) is 8.90. The fourth-order valence-electron chi connectivity index (χ4n) is 6.51. The minimum absolute atomic E-state index is 0.355. The Bertz CT molecular complexity index is 2140. The fourth-order valence-corrected chi connectivity index (χ4v) is 6.51. The van der Waals surface area contributed by atoms with Gasteiger partial charge in [-0.1, -0.05) is 165 Å². The van der Waals surface area contributed by atoms with Crippen LogP contribution < -0.4 is 4.90 Å². The van der Waals surface area contributed by atoms with E-state index < -0.39 is 0 Å². The lowest BCUT2D eigenvalue weighted by atomic mass is 9.90. The van der Waals surface area contributed by atoms with Crippen molar-refractivity contribution in [2.24, 2.45) is 0 Å². The molecule has 0 amide bonds. The highest BCUT2D eigenvalue weighted by atomic mass is 15.1. The highest BCUT2D eigenvalue weighted by molar-refractivity contribution is 5.98. The van der Waals surface area contributed by atoms with Gasteiger partial charge in [0.2, 0.25) is 0 Å². The molecule has 0 aliphatic heterocycles. The Morgan fingerprint density at radius 1 is 0.681 bits per heavy atom. The molecule has 0 saturated carbocycles. The summed E-state index contributed by atoms with van der Waals surface area (Å²) in [5.41, 5.74) is 11.4. The number of hydrogen-bond donors (Lipinski definition) is 0. The van der Waals surface area contributed by atoms with Crippen LogP contribution in [0.1, 0.15) is 23.5 Å². The third kappa shape index (κ3) is 6.30. The summed E-state index contributed by atoms with van der Waals surface area (Å²) in [6, 6.07) is 52.1. The Morgan fingerprint density at radius 3 is 2.17 bits per heavy atom. The Kier molecular flexibility index (Phi) is 8.62. The molecule has 226 valence electrons. The maximum Gasteiger partial charge on any atom is 0.0539 e. The normalized spacial score (nSPS) is 14.2. The molecule has 1 unspecified atom stereocenters. The summed E-state index contributed by atoms with van der Waals surface area (Å²) in [4.78, 5) is 2.40. The predicted molar refractivity (Wildman–Crippen MR) is 203 cm³/mol. The summed E-state index contributed by atoms with van der Waals surface area (Å²) in [7, 11) is 0. The minimum atomic E-state index is 0.355. The highest BCUT2D eigenvalue weighted by Gasteiger charge is 2.21. The lowest BCUT2D eigenvalue weighted by Gasteiger charge is -2.31. The van der Waals surface area contributed by atoms with Crippen molar-refractivity contribution >= 4 is 27.7 Å². The Labute approximate surface area is 278 Å². The molecule has 0 spiro atoms. The first kappa shape index (κ1) is 29.8. The molecule has 6 aromatic rings. The van der Waals surface area contributed by atoms with E-state index in [0.29, 0.717) is 5.92 Å². The molecule has 0 fully saturated rings. The maximum atomic E-state index is 4.53. The molecule has 0 saturated heterocycles. The summed E-state index contributed by atoms with van der Waals surface area (Å²) in [5, 5.41) is 2.42. The summed E-state index contributed by atoms with van der Waals surface area (Å²) in [6.07, 6.45) is 13.7. The topological polar surface area (TPSA) is 3.24 Å². The fraction of sp³-hybridized carbons (Fsp3) is 0.0435. The molecule has 1 aliphatic rings. The largest absolute Gasteiger partial charge is 0.310 e. The van der Waals surface area contributed by atoms with E-state index in [0.717, 1.165) is 45.8 Å². The number of anilines is 2. The smallest absolute Gasteiger partial charge is 0.0539 e. The molecule has 6 aromatic carbocycles. The van der Waals surface area contributed by atoms with Gasteiger partial charge in [-0.3, -0.25) is 0 Å². The van der Waals surface area contributed by atoms with Crippen molar-refractivity contribution < 1.29 is 0 Å². The van der Waals surface area contributed by atoms with Crippen LogP contribution in [0, 0.1) is 0 Å². The van der Waals surface area contributed by atoms with Crippen LogP contribution in [0.15, 0.2) is 201 Å². The Morgan fingerprint density at radius 2 is 1.38 bits per heavy atom. The average molecular weight is 604 g/mol. The second kappa shape index (κ2) is 13.6. The molecular weight excluding hydrogens is 567 g/mol. The van der Waals surface area contributed by atoms with Gasteiger partial charge in [-0.05, 0) is 81.1 Å². The van der Waals surface area contributed by atoms with Gasteiger partial charge in [-0.2, -0.15) is 0 Å².